The molecule has 4 aliphatic carbocycles. The normalized spacial score (nSPS) is 44.5. The molecule has 3 nitrogen and oxygen atoms in total. The first kappa shape index (κ1) is 24.3. The number of ketones is 1. The molecule has 0 saturated heterocycles. The highest BCUT2D eigenvalue weighted by Crippen LogP contribution is 2.68. The summed E-state index contributed by atoms with van der Waals surface area (Å²) in [7, 11) is 0. The molecule has 4 rings (SSSR count). The highest BCUT2D eigenvalue weighted by Gasteiger charge is 2.62. The molecule has 32 heavy (non-hydrogen) atoms. The van der Waals surface area contributed by atoms with E-state index in [0.717, 1.165) is 49.4 Å². The molecule has 4 saturated carbocycles. The largest absolute Gasteiger partial charge is 0.463 e. The second kappa shape index (κ2) is 9.06. The second-order valence-corrected chi connectivity index (χ2v) is 13.1. The quantitative estimate of drug-likeness (QED) is 0.406. The van der Waals surface area contributed by atoms with Gasteiger partial charge in [0, 0.05) is 19.3 Å². The molecule has 0 radical (unpaired) electrons. The number of rotatable bonds is 6. The van der Waals surface area contributed by atoms with Crippen LogP contribution in [0, 0.1) is 52.3 Å². The maximum Gasteiger partial charge on any atom is 0.302 e. The molecule has 4 aliphatic rings. The Morgan fingerprint density at radius 3 is 2.38 bits per heavy atom. The van der Waals surface area contributed by atoms with Crippen molar-refractivity contribution in [2.24, 2.45) is 52.3 Å². The fourth-order valence-electron chi connectivity index (χ4n) is 9.37. The minimum atomic E-state index is -0.201. The van der Waals surface area contributed by atoms with E-state index in [9.17, 15) is 9.59 Å². The van der Waals surface area contributed by atoms with Crippen LogP contribution >= 0.6 is 0 Å². The average molecular weight is 445 g/mol. The van der Waals surface area contributed by atoms with Gasteiger partial charge in [-0.3, -0.25) is 9.59 Å². The Kier molecular flexibility index (Phi) is 6.87. The lowest BCUT2D eigenvalue weighted by Crippen LogP contribution is -2.57. The first-order chi connectivity index (χ1) is 15.1. The van der Waals surface area contributed by atoms with Crippen molar-refractivity contribution >= 4 is 11.8 Å². The molecule has 9 atom stereocenters. The van der Waals surface area contributed by atoms with E-state index in [1.165, 1.54) is 51.9 Å². The van der Waals surface area contributed by atoms with Crippen molar-refractivity contribution < 1.29 is 14.3 Å². The van der Waals surface area contributed by atoms with E-state index in [1.807, 2.05) is 0 Å². The SMILES string of the molecule is CC(=O)O[C@H]1CC[C@@]2(C)[C@@H](C1)C(=O)C[C@@H]1[C@@H]2CC[C@]2(C)[C@@H]([C@@H](C)CCCC(C)C)CC[C@@H]12. The number of carbonyl (C=O) groups excluding carboxylic acids is 2. The predicted molar refractivity (Wildman–Crippen MR) is 129 cm³/mol. The molecule has 182 valence electrons. The molecule has 4 fully saturated rings. The van der Waals surface area contributed by atoms with Gasteiger partial charge in [0.25, 0.3) is 0 Å². The summed E-state index contributed by atoms with van der Waals surface area (Å²) >= 11 is 0. The van der Waals surface area contributed by atoms with Crippen LogP contribution in [0.2, 0.25) is 0 Å². The summed E-state index contributed by atoms with van der Waals surface area (Å²) in [6.07, 6.45) is 12.9. The van der Waals surface area contributed by atoms with Crippen LogP contribution in [-0.2, 0) is 14.3 Å². The van der Waals surface area contributed by atoms with Crippen molar-refractivity contribution in [3.63, 3.8) is 0 Å². The Labute approximate surface area is 196 Å². The van der Waals surface area contributed by atoms with E-state index in [1.54, 1.807) is 0 Å². The zero-order valence-corrected chi connectivity index (χ0v) is 21.6. The third-order valence-electron chi connectivity index (χ3n) is 10.9. The molecule has 3 heteroatoms. The van der Waals surface area contributed by atoms with Crippen molar-refractivity contribution in [2.45, 2.75) is 118 Å². The molecule has 0 N–H and O–H groups in total. The van der Waals surface area contributed by atoms with E-state index in [4.69, 9.17) is 4.74 Å². The van der Waals surface area contributed by atoms with E-state index < -0.39 is 0 Å². The molecular formula is C29H48O3. The first-order valence-electron chi connectivity index (χ1n) is 13.8. The molecule has 0 bridgehead atoms. The number of fused-ring (bicyclic) bond motifs is 5. The third-order valence-corrected chi connectivity index (χ3v) is 10.9. The summed E-state index contributed by atoms with van der Waals surface area (Å²) in [4.78, 5) is 25.0. The van der Waals surface area contributed by atoms with Crippen molar-refractivity contribution in [3.05, 3.63) is 0 Å². The molecule has 0 aromatic carbocycles. The summed E-state index contributed by atoms with van der Waals surface area (Å²) in [6.45, 7) is 13.7. The topological polar surface area (TPSA) is 43.4 Å². The van der Waals surface area contributed by atoms with Gasteiger partial charge in [0.2, 0.25) is 0 Å². The van der Waals surface area contributed by atoms with Gasteiger partial charge in [0.05, 0.1) is 0 Å². The van der Waals surface area contributed by atoms with Gasteiger partial charge in [-0.1, -0.05) is 53.9 Å². The number of esters is 1. The average Bonchev–Trinajstić information content (AvgIpc) is 3.06. The van der Waals surface area contributed by atoms with Crippen LogP contribution in [0.25, 0.3) is 0 Å². The Balaban J connectivity index is 1.48. The standard InChI is InChI=1S/C29H48O3/c1-18(2)8-7-9-19(3)23-10-11-24-22-17-27(31)26-16-21(32-20(4)30)12-14-29(26,6)25(22)13-15-28(23,24)5/h18-19,21-26H,7-17H2,1-6H3/t19-,21-,22-,23+,24-,25-,26-,28+,29+/m0/s1. The molecule has 0 heterocycles. The smallest absolute Gasteiger partial charge is 0.302 e. The van der Waals surface area contributed by atoms with Crippen LogP contribution in [0.5, 0.6) is 0 Å². The van der Waals surface area contributed by atoms with Crippen LogP contribution in [-0.4, -0.2) is 17.9 Å². The highest BCUT2D eigenvalue weighted by molar-refractivity contribution is 5.83. The monoisotopic (exact) mass is 444 g/mol. The van der Waals surface area contributed by atoms with E-state index in [-0.39, 0.29) is 23.4 Å². The van der Waals surface area contributed by atoms with Gasteiger partial charge >= 0.3 is 5.97 Å². The maximum atomic E-state index is 13.5. The predicted octanol–water partition coefficient (Wildman–Crippen LogP) is 7.22. The lowest BCUT2D eigenvalue weighted by Gasteiger charge is -2.60. The minimum absolute atomic E-state index is 0.0533. The van der Waals surface area contributed by atoms with Gasteiger partial charge in [0.1, 0.15) is 11.9 Å². The third kappa shape index (κ3) is 4.20. The van der Waals surface area contributed by atoms with Crippen LogP contribution in [0.15, 0.2) is 0 Å². The summed E-state index contributed by atoms with van der Waals surface area (Å²) in [5.41, 5.74) is 0.537. The summed E-state index contributed by atoms with van der Waals surface area (Å²) in [5.74, 6) is 4.81. The Morgan fingerprint density at radius 2 is 1.69 bits per heavy atom. The second-order valence-electron chi connectivity index (χ2n) is 13.1. The van der Waals surface area contributed by atoms with Gasteiger partial charge in [-0.25, -0.2) is 0 Å². The summed E-state index contributed by atoms with van der Waals surface area (Å²) in [6, 6.07) is 0. The Hall–Kier alpha value is -0.860. The number of ether oxygens (including phenoxy) is 1. The fraction of sp³-hybridized carbons (Fsp3) is 0.931. The van der Waals surface area contributed by atoms with Crippen LogP contribution < -0.4 is 0 Å². The molecular weight excluding hydrogens is 396 g/mol. The highest BCUT2D eigenvalue weighted by atomic mass is 16.5. The Morgan fingerprint density at radius 1 is 1.00 bits per heavy atom. The number of Topliss-reactive ketones (excluding diaryl/α,β-unsaturated/α-hetero) is 1. The van der Waals surface area contributed by atoms with E-state index in [0.29, 0.717) is 23.0 Å². The van der Waals surface area contributed by atoms with E-state index >= 15 is 0 Å². The number of hydrogen-bond acceptors (Lipinski definition) is 3. The Bertz CT molecular complexity index is 713. The molecule has 0 aromatic heterocycles. The minimum Gasteiger partial charge on any atom is -0.463 e. The lowest BCUT2D eigenvalue weighted by molar-refractivity contribution is -0.169. The number of carbonyl (C=O) groups is 2. The van der Waals surface area contributed by atoms with Crippen LogP contribution in [0.4, 0.5) is 0 Å². The van der Waals surface area contributed by atoms with Crippen molar-refractivity contribution in [2.75, 3.05) is 0 Å². The first-order valence-corrected chi connectivity index (χ1v) is 13.8. The summed E-state index contributed by atoms with van der Waals surface area (Å²) < 4.78 is 5.55. The molecule has 0 spiro atoms. The zero-order chi connectivity index (χ0) is 23.3. The van der Waals surface area contributed by atoms with E-state index in [2.05, 4.69) is 34.6 Å². The summed E-state index contributed by atoms with van der Waals surface area (Å²) in [5, 5.41) is 0. The number of hydrogen-bond donors (Lipinski definition) is 0. The fourth-order valence-corrected chi connectivity index (χ4v) is 9.37. The zero-order valence-electron chi connectivity index (χ0n) is 21.6. The maximum absolute atomic E-state index is 13.5. The van der Waals surface area contributed by atoms with Crippen molar-refractivity contribution in [1.82, 2.24) is 0 Å². The van der Waals surface area contributed by atoms with Gasteiger partial charge in [0.15, 0.2) is 0 Å². The van der Waals surface area contributed by atoms with Gasteiger partial charge in [-0.2, -0.15) is 0 Å². The van der Waals surface area contributed by atoms with Gasteiger partial charge in [-0.15, -0.1) is 0 Å². The molecule has 0 aromatic rings. The van der Waals surface area contributed by atoms with Crippen molar-refractivity contribution in [1.29, 1.82) is 0 Å². The molecule has 0 unspecified atom stereocenters. The van der Waals surface area contributed by atoms with Crippen LogP contribution in [0.3, 0.4) is 0 Å². The molecule has 0 aliphatic heterocycles. The lowest BCUT2D eigenvalue weighted by atomic mass is 9.44. The van der Waals surface area contributed by atoms with Crippen LogP contribution in [0.1, 0.15) is 112 Å². The molecule has 0 amide bonds. The van der Waals surface area contributed by atoms with Gasteiger partial charge in [-0.05, 0) is 91.3 Å². The van der Waals surface area contributed by atoms with Gasteiger partial charge < -0.3 is 4.74 Å². The van der Waals surface area contributed by atoms with Crippen molar-refractivity contribution in [3.8, 4) is 0 Å².